The smallest absolute Gasteiger partial charge is 0.282 e. The first kappa shape index (κ1) is 7.87. The lowest BCUT2D eigenvalue weighted by atomic mass is 10.8. The summed E-state index contributed by atoms with van der Waals surface area (Å²) in [6.45, 7) is 0. The molecule has 0 saturated heterocycles. The third-order valence-electron chi connectivity index (χ3n) is 1.39. The van der Waals surface area contributed by atoms with E-state index in [2.05, 4.69) is 9.97 Å². The third kappa shape index (κ3) is 1.41. The quantitative estimate of drug-likeness (QED) is 0.535. The lowest BCUT2D eigenvalue weighted by molar-refractivity contribution is -0.380. The van der Waals surface area contributed by atoms with Crippen molar-refractivity contribution in [3.8, 4) is 5.13 Å². The van der Waals surface area contributed by atoms with Crippen molar-refractivity contribution in [1.82, 2.24) is 14.5 Å². The number of rotatable bonds is 2. The zero-order valence-electron chi connectivity index (χ0n) is 6.32. The molecule has 0 aliphatic carbocycles. The van der Waals surface area contributed by atoms with E-state index in [0.29, 0.717) is 5.13 Å². The van der Waals surface area contributed by atoms with Gasteiger partial charge in [0.1, 0.15) is 12.5 Å². The molecule has 0 amide bonds. The summed E-state index contributed by atoms with van der Waals surface area (Å²) in [7, 11) is 0. The van der Waals surface area contributed by atoms with Gasteiger partial charge in [-0.25, -0.2) is 9.97 Å². The van der Waals surface area contributed by atoms with E-state index in [9.17, 15) is 10.1 Å². The van der Waals surface area contributed by atoms with Crippen LogP contribution in [0.1, 0.15) is 0 Å². The van der Waals surface area contributed by atoms with Gasteiger partial charge in [-0.15, -0.1) is 0 Å². The molecule has 2 aromatic rings. The molecule has 0 bridgehead atoms. The predicted molar refractivity (Wildman–Crippen MR) is 45.9 cm³/mol. The van der Waals surface area contributed by atoms with Gasteiger partial charge >= 0.3 is 5.00 Å². The molecule has 0 aliphatic heterocycles. The maximum atomic E-state index is 10.3. The third-order valence-corrected chi connectivity index (χ3v) is 2.35. The van der Waals surface area contributed by atoms with Gasteiger partial charge in [0.15, 0.2) is 0 Å². The van der Waals surface area contributed by atoms with E-state index < -0.39 is 4.92 Å². The first-order chi connectivity index (χ1) is 6.27. The van der Waals surface area contributed by atoms with Crippen LogP contribution in [0.15, 0.2) is 24.9 Å². The minimum Gasteiger partial charge on any atom is -0.282 e. The molecule has 0 aromatic carbocycles. The topological polar surface area (TPSA) is 73.8 Å². The Bertz CT molecular complexity index is 422. The molecule has 13 heavy (non-hydrogen) atoms. The standard InChI is InChI=1S/C6H4N4O2S/c11-10(12)5-3-8-6(13-5)9-2-1-7-4-9/h1-4H. The number of imidazole rings is 1. The number of hydrogen-bond donors (Lipinski definition) is 0. The second kappa shape index (κ2) is 2.94. The van der Waals surface area contributed by atoms with Gasteiger partial charge < -0.3 is 0 Å². The Hall–Kier alpha value is -1.76. The molecule has 7 heteroatoms. The molecular formula is C6H4N4O2S. The van der Waals surface area contributed by atoms with Crippen LogP contribution in [0.2, 0.25) is 0 Å². The average molecular weight is 196 g/mol. The highest BCUT2D eigenvalue weighted by Crippen LogP contribution is 2.23. The van der Waals surface area contributed by atoms with Crippen molar-refractivity contribution in [2.45, 2.75) is 0 Å². The number of aromatic nitrogens is 3. The molecule has 0 fully saturated rings. The summed E-state index contributed by atoms with van der Waals surface area (Å²) < 4.78 is 1.62. The van der Waals surface area contributed by atoms with Crippen molar-refractivity contribution in [3.05, 3.63) is 35.0 Å². The van der Waals surface area contributed by atoms with Crippen LogP contribution in [0, 0.1) is 10.1 Å². The normalized spacial score (nSPS) is 10.2. The Balaban J connectivity index is 2.39. The molecule has 2 rings (SSSR count). The Kier molecular flexibility index (Phi) is 1.78. The summed E-state index contributed by atoms with van der Waals surface area (Å²) in [5.41, 5.74) is 0. The second-order valence-corrected chi connectivity index (χ2v) is 3.20. The summed E-state index contributed by atoms with van der Waals surface area (Å²) in [5, 5.41) is 10.9. The summed E-state index contributed by atoms with van der Waals surface area (Å²) >= 11 is 1.01. The maximum Gasteiger partial charge on any atom is 0.345 e. The van der Waals surface area contributed by atoms with E-state index in [-0.39, 0.29) is 5.00 Å². The molecule has 0 aliphatic rings. The summed E-state index contributed by atoms with van der Waals surface area (Å²) in [6, 6.07) is 0. The zero-order chi connectivity index (χ0) is 9.26. The molecule has 2 aromatic heterocycles. The summed E-state index contributed by atoms with van der Waals surface area (Å²) in [5.74, 6) is 0. The van der Waals surface area contributed by atoms with Gasteiger partial charge in [0.2, 0.25) is 5.13 Å². The molecule has 6 nitrogen and oxygen atoms in total. The van der Waals surface area contributed by atoms with E-state index >= 15 is 0 Å². The summed E-state index contributed by atoms with van der Waals surface area (Å²) in [6.07, 6.45) is 6.05. The van der Waals surface area contributed by atoms with Crippen molar-refractivity contribution in [1.29, 1.82) is 0 Å². The fourth-order valence-corrected chi connectivity index (χ4v) is 1.52. The molecule has 0 unspecified atom stereocenters. The highest BCUT2D eigenvalue weighted by molar-refractivity contribution is 7.17. The minimum atomic E-state index is -0.460. The molecular weight excluding hydrogens is 192 g/mol. The van der Waals surface area contributed by atoms with Crippen LogP contribution in [0.5, 0.6) is 0 Å². The Morgan fingerprint density at radius 2 is 2.46 bits per heavy atom. The monoisotopic (exact) mass is 196 g/mol. The molecule has 2 heterocycles. The van der Waals surface area contributed by atoms with Crippen LogP contribution < -0.4 is 0 Å². The SMILES string of the molecule is O=[N+]([O-])c1cnc(-n2ccnc2)s1. The van der Waals surface area contributed by atoms with Crippen LogP contribution in [0.25, 0.3) is 5.13 Å². The van der Waals surface area contributed by atoms with E-state index in [4.69, 9.17) is 0 Å². The van der Waals surface area contributed by atoms with Crippen molar-refractivity contribution in [3.63, 3.8) is 0 Å². The number of nitrogens with zero attached hydrogens (tertiary/aromatic N) is 4. The van der Waals surface area contributed by atoms with E-state index in [0.717, 1.165) is 11.3 Å². The fourth-order valence-electron chi connectivity index (χ4n) is 0.833. The number of nitro groups is 1. The molecule has 0 N–H and O–H groups in total. The first-order valence-electron chi connectivity index (χ1n) is 3.36. The molecule has 66 valence electrons. The first-order valence-corrected chi connectivity index (χ1v) is 4.17. The van der Waals surface area contributed by atoms with Gasteiger partial charge in [0.25, 0.3) is 0 Å². The van der Waals surface area contributed by atoms with E-state index in [1.165, 1.54) is 6.20 Å². The zero-order valence-corrected chi connectivity index (χ0v) is 7.14. The lowest BCUT2D eigenvalue weighted by Gasteiger charge is -1.90. The fraction of sp³-hybridized carbons (Fsp3) is 0. The van der Waals surface area contributed by atoms with Gasteiger partial charge in [-0.3, -0.25) is 14.7 Å². The van der Waals surface area contributed by atoms with Crippen LogP contribution in [-0.4, -0.2) is 19.5 Å². The van der Waals surface area contributed by atoms with Crippen molar-refractivity contribution in [2.24, 2.45) is 0 Å². The van der Waals surface area contributed by atoms with Crippen LogP contribution in [0.3, 0.4) is 0 Å². The Morgan fingerprint density at radius 3 is 3.00 bits per heavy atom. The van der Waals surface area contributed by atoms with Gasteiger partial charge in [-0.1, -0.05) is 0 Å². The predicted octanol–water partition coefficient (Wildman–Crippen LogP) is 1.24. The molecule has 0 radical (unpaired) electrons. The van der Waals surface area contributed by atoms with Gasteiger partial charge in [0, 0.05) is 12.4 Å². The Morgan fingerprint density at radius 1 is 1.62 bits per heavy atom. The van der Waals surface area contributed by atoms with Crippen LogP contribution in [0.4, 0.5) is 5.00 Å². The maximum absolute atomic E-state index is 10.3. The van der Waals surface area contributed by atoms with Crippen LogP contribution in [-0.2, 0) is 0 Å². The minimum absolute atomic E-state index is 0.0312. The van der Waals surface area contributed by atoms with Gasteiger partial charge in [-0.2, -0.15) is 0 Å². The van der Waals surface area contributed by atoms with Gasteiger partial charge in [-0.05, 0) is 11.3 Å². The molecule has 0 saturated carbocycles. The largest absolute Gasteiger partial charge is 0.345 e. The van der Waals surface area contributed by atoms with Crippen LogP contribution >= 0.6 is 11.3 Å². The Labute approximate surface area is 76.6 Å². The lowest BCUT2D eigenvalue weighted by Crippen LogP contribution is -1.86. The van der Waals surface area contributed by atoms with Crippen molar-refractivity contribution in [2.75, 3.05) is 0 Å². The van der Waals surface area contributed by atoms with Crippen molar-refractivity contribution >= 4 is 16.3 Å². The van der Waals surface area contributed by atoms with Crippen molar-refractivity contribution < 1.29 is 4.92 Å². The van der Waals surface area contributed by atoms with E-state index in [1.54, 1.807) is 23.3 Å². The molecule has 0 atom stereocenters. The highest BCUT2D eigenvalue weighted by atomic mass is 32.1. The second-order valence-electron chi connectivity index (χ2n) is 2.21. The highest BCUT2D eigenvalue weighted by Gasteiger charge is 2.11. The number of hydrogen-bond acceptors (Lipinski definition) is 5. The average Bonchev–Trinajstić information content (AvgIpc) is 2.75. The van der Waals surface area contributed by atoms with Gasteiger partial charge in [0.05, 0.1) is 4.92 Å². The summed E-state index contributed by atoms with van der Waals surface area (Å²) in [4.78, 5) is 17.6. The number of thiazole rings is 1. The van der Waals surface area contributed by atoms with E-state index in [1.807, 2.05) is 0 Å². The molecule has 0 spiro atoms.